The molecule has 3 unspecified atom stereocenters. The Morgan fingerprint density at radius 2 is 1.84 bits per heavy atom. The van der Waals surface area contributed by atoms with Crippen molar-refractivity contribution in [3.8, 4) is 5.75 Å². The number of likely N-dealkylation sites (N-methyl/N-ethyl adjacent to an activating group) is 1. The first kappa shape index (κ1) is 21.1. The molecule has 3 saturated heterocycles. The average molecular weight is 456 g/mol. The second-order valence-electron chi connectivity index (χ2n) is 8.33. The first-order chi connectivity index (χ1) is 15.5. The summed E-state index contributed by atoms with van der Waals surface area (Å²) < 4.78 is 5.58. The summed E-state index contributed by atoms with van der Waals surface area (Å²) in [7, 11) is 3.41. The van der Waals surface area contributed by atoms with E-state index in [2.05, 4.69) is 15.1 Å². The summed E-state index contributed by atoms with van der Waals surface area (Å²) in [5, 5.41) is 4.15. The van der Waals surface area contributed by atoms with Gasteiger partial charge in [-0.1, -0.05) is 35.9 Å². The summed E-state index contributed by atoms with van der Waals surface area (Å²) in [5.74, 6) is 0.607. The van der Waals surface area contributed by atoms with Gasteiger partial charge in [-0.05, 0) is 36.2 Å². The van der Waals surface area contributed by atoms with Crippen molar-refractivity contribution >= 4 is 29.2 Å². The summed E-state index contributed by atoms with van der Waals surface area (Å²) >= 11 is 5.99. The van der Waals surface area contributed by atoms with Gasteiger partial charge in [0.2, 0.25) is 0 Å². The zero-order chi connectivity index (χ0) is 22.4. The number of para-hydroxylation sites is 2. The number of anilines is 1. The molecule has 3 heterocycles. The zero-order valence-corrected chi connectivity index (χ0v) is 18.8. The number of nitrogens with zero attached hydrogens (tertiary/aromatic N) is 4. The first-order valence-corrected chi connectivity index (χ1v) is 11.1. The van der Waals surface area contributed by atoms with Gasteiger partial charge in [0.15, 0.2) is 0 Å². The molecule has 3 aliphatic rings. The Morgan fingerprint density at radius 1 is 1.09 bits per heavy atom. The number of carbonyl (C=O) groups is 2. The van der Waals surface area contributed by atoms with Crippen LogP contribution in [0.4, 0.5) is 10.5 Å². The van der Waals surface area contributed by atoms with Gasteiger partial charge in [-0.3, -0.25) is 19.9 Å². The van der Waals surface area contributed by atoms with Crippen LogP contribution in [0.25, 0.3) is 0 Å². The number of benzene rings is 2. The fourth-order valence-electron chi connectivity index (χ4n) is 4.95. The van der Waals surface area contributed by atoms with E-state index in [1.54, 1.807) is 31.2 Å². The van der Waals surface area contributed by atoms with Gasteiger partial charge in [0, 0.05) is 25.2 Å². The van der Waals surface area contributed by atoms with Crippen LogP contribution in [0.1, 0.15) is 12.0 Å². The van der Waals surface area contributed by atoms with E-state index < -0.39 is 12.2 Å². The van der Waals surface area contributed by atoms with Crippen molar-refractivity contribution in [1.29, 1.82) is 0 Å². The number of fused-ring (bicyclic) bond motifs is 3. The second kappa shape index (κ2) is 8.27. The van der Waals surface area contributed by atoms with E-state index in [1.165, 1.54) is 4.90 Å². The lowest BCUT2D eigenvalue weighted by atomic mass is 10.1. The van der Waals surface area contributed by atoms with E-state index in [9.17, 15) is 9.59 Å². The summed E-state index contributed by atoms with van der Waals surface area (Å²) in [5.41, 5.74) is 1.83. The highest BCUT2D eigenvalue weighted by Gasteiger charge is 2.56. The molecule has 0 aliphatic carbocycles. The Kier molecular flexibility index (Phi) is 5.44. The predicted octanol–water partition coefficient (Wildman–Crippen LogP) is 2.54. The molecule has 3 amide bonds. The van der Waals surface area contributed by atoms with Gasteiger partial charge in [0.25, 0.3) is 5.91 Å². The van der Waals surface area contributed by atoms with Gasteiger partial charge in [0.05, 0.1) is 19.3 Å². The SMILES string of the molecule is COc1ccccc1N1CCCN2C3C(=O)N(Cc4ccc(Cl)cc4)C(=O)N(C)C3NC12. The summed E-state index contributed by atoms with van der Waals surface area (Å²) in [6.07, 6.45) is 0.309. The molecule has 1 N–H and O–H groups in total. The quantitative estimate of drug-likeness (QED) is 0.764. The number of nitrogens with one attached hydrogen (secondary N) is 1. The smallest absolute Gasteiger partial charge is 0.328 e. The fourth-order valence-corrected chi connectivity index (χ4v) is 5.08. The van der Waals surface area contributed by atoms with Crippen molar-refractivity contribution in [3.63, 3.8) is 0 Å². The van der Waals surface area contributed by atoms with Crippen molar-refractivity contribution in [1.82, 2.24) is 20.0 Å². The highest BCUT2D eigenvalue weighted by molar-refractivity contribution is 6.30. The number of imide groups is 1. The van der Waals surface area contributed by atoms with Crippen LogP contribution in [-0.4, -0.2) is 72.4 Å². The third-order valence-corrected chi connectivity index (χ3v) is 6.77. The number of hydrogen-bond donors (Lipinski definition) is 1. The average Bonchev–Trinajstić information content (AvgIpc) is 3.22. The lowest BCUT2D eigenvalue weighted by molar-refractivity contribution is -0.139. The van der Waals surface area contributed by atoms with Gasteiger partial charge in [-0.15, -0.1) is 0 Å². The topological polar surface area (TPSA) is 68.4 Å². The van der Waals surface area contributed by atoms with E-state index >= 15 is 0 Å². The number of hydrogen-bond acceptors (Lipinski definition) is 6. The maximum absolute atomic E-state index is 13.6. The minimum atomic E-state index is -0.451. The van der Waals surface area contributed by atoms with E-state index in [0.717, 1.165) is 36.5 Å². The number of rotatable bonds is 4. The third kappa shape index (κ3) is 3.39. The number of amides is 3. The van der Waals surface area contributed by atoms with Crippen LogP contribution >= 0.6 is 11.6 Å². The van der Waals surface area contributed by atoms with Crippen LogP contribution < -0.4 is 15.0 Å². The normalized spacial score (nSPS) is 25.7. The van der Waals surface area contributed by atoms with Crippen LogP contribution in [0.2, 0.25) is 5.02 Å². The second-order valence-corrected chi connectivity index (χ2v) is 8.77. The fraction of sp³-hybridized carbons (Fsp3) is 0.391. The van der Waals surface area contributed by atoms with Gasteiger partial charge in [-0.25, -0.2) is 4.79 Å². The molecule has 3 aliphatic heterocycles. The van der Waals surface area contributed by atoms with Gasteiger partial charge in [0.1, 0.15) is 24.2 Å². The Hall–Kier alpha value is -2.81. The molecule has 0 spiro atoms. The Balaban J connectivity index is 1.44. The molecule has 168 valence electrons. The molecule has 8 nitrogen and oxygen atoms in total. The molecule has 2 aromatic carbocycles. The summed E-state index contributed by atoms with van der Waals surface area (Å²) in [4.78, 5) is 34.1. The lowest BCUT2D eigenvalue weighted by Crippen LogP contribution is -2.66. The van der Waals surface area contributed by atoms with Crippen LogP contribution in [0.15, 0.2) is 48.5 Å². The monoisotopic (exact) mass is 455 g/mol. The number of carbonyl (C=O) groups excluding carboxylic acids is 2. The van der Waals surface area contributed by atoms with Gasteiger partial charge >= 0.3 is 6.03 Å². The maximum atomic E-state index is 13.6. The third-order valence-electron chi connectivity index (χ3n) is 6.52. The van der Waals surface area contributed by atoms with Gasteiger partial charge < -0.3 is 14.5 Å². The maximum Gasteiger partial charge on any atom is 0.328 e. The minimum absolute atomic E-state index is 0.176. The summed E-state index contributed by atoms with van der Waals surface area (Å²) in [6.45, 7) is 1.82. The molecule has 0 aromatic heterocycles. The van der Waals surface area contributed by atoms with Crippen molar-refractivity contribution in [2.45, 2.75) is 31.5 Å². The molecule has 9 heteroatoms. The highest BCUT2D eigenvalue weighted by atomic mass is 35.5. The van der Waals surface area contributed by atoms with E-state index in [-0.39, 0.29) is 24.8 Å². The van der Waals surface area contributed by atoms with E-state index in [4.69, 9.17) is 16.3 Å². The van der Waals surface area contributed by atoms with Crippen molar-refractivity contribution in [2.75, 3.05) is 32.1 Å². The molecule has 5 rings (SSSR count). The standard InChI is InChI=1S/C23H26ClN5O3/c1-26-20-19(21(30)29(23(26)31)14-15-8-10-16(24)11-9-15)28-13-5-12-27(22(28)25-20)17-6-3-4-7-18(17)32-2/h3-4,6-11,19-20,22,25H,5,12-14H2,1-2H3. The largest absolute Gasteiger partial charge is 0.495 e. The number of ether oxygens (including phenoxy) is 1. The van der Waals surface area contributed by atoms with E-state index in [1.807, 2.05) is 36.4 Å². The number of urea groups is 1. The van der Waals surface area contributed by atoms with Crippen molar-refractivity contribution in [3.05, 3.63) is 59.1 Å². The first-order valence-electron chi connectivity index (χ1n) is 10.7. The number of halogens is 1. The van der Waals surface area contributed by atoms with Crippen LogP contribution in [0.5, 0.6) is 5.75 Å². The Morgan fingerprint density at radius 3 is 2.59 bits per heavy atom. The molecular weight excluding hydrogens is 430 g/mol. The zero-order valence-electron chi connectivity index (χ0n) is 18.1. The van der Waals surface area contributed by atoms with Crippen LogP contribution in [0.3, 0.4) is 0 Å². The Labute approximate surface area is 192 Å². The van der Waals surface area contributed by atoms with E-state index in [0.29, 0.717) is 5.02 Å². The molecule has 0 radical (unpaired) electrons. The molecule has 32 heavy (non-hydrogen) atoms. The predicted molar refractivity (Wildman–Crippen MR) is 121 cm³/mol. The lowest BCUT2D eigenvalue weighted by Gasteiger charge is -2.44. The number of methoxy groups -OCH3 is 1. The highest BCUT2D eigenvalue weighted by Crippen LogP contribution is 2.36. The molecule has 3 atom stereocenters. The summed E-state index contributed by atoms with van der Waals surface area (Å²) in [6, 6.07) is 14.3. The Bertz CT molecular complexity index is 1030. The minimum Gasteiger partial charge on any atom is -0.495 e. The van der Waals surface area contributed by atoms with Crippen LogP contribution in [-0.2, 0) is 11.3 Å². The molecule has 3 fully saturated rings. The van der Waals surface area contributed by atoms with Crippen LogP contribution in [0, 0.1) is 0 Å². The van der Waals surface area contributed by atoms with Crippen molar-refractivity contribution in [2.24, 2.45) is 0 Å². The van der Waals surface area contributed by atoms with Crippen molar-refractivity contribution < 1.29 is 14.3 Å². The molecule has 2 aromatic rings. The van der Waals surface area contributed by atoms with Gasteiger partial charge in [-0.2, -0.15) is 0 Å². The molecule has 0 saturated carbocycles. The molecule has 0 bridgehead atoms. The molecular formula is C23H26ClN5O3.